The van der Waals surface area contributed by atoms with Crippen molar-refractivity contribution in [1.82, 2.24) is 4.90 Å². The number of fused-ring (bicyclic) bond motifs is 2. The lowest BCUT2D eigenvalue weighted by Gasteiger charge is -2.24. The molecule has 5 fully saturated rings. The Balaban J connectivity index is 0.000000932. The van der Waals surface area contributed by atoms with E-state index in [9.17, 15) is 9.59 Å². The zero-order chi connectivity index (χ0) is 20.5. The maximum absolute atomic E-state index is 12.3. The molecule has 6 heteroatoms. The minimum absolute atomic E-state index is 0.0205. The van der Waals surface area contributed by atoms with Crippen LogP contribution in [0.2, 0.25) is 0 Å². The number of likely N-dealkylation sites (tertiary alicyclic amines) is 1. The highest BCUT2D eigenvalue weighted by Gasteiger charge is 2.67. The quantitative estimate of drug-likeness (QED) is 0.512. The largest absolute Gasteiger partial charge is 0.367 e. The third kappa shape index (κ3) is 3.21. The summed E-state index contributed by atoms with van der Waals surface area (Å²) in [6.07, 6.45) is 6.19. The second-order valence-corrected chi connectivity index (χ2v) is 9.77. The van der Waals surface area contributed by atoms with Crippen molar-refractivity contribution in [3.63, 3.8) is 0 Å². The molecule has 4 heterocycles. The van der Waals surface area contributed by atoms with Gasteiger partial charge in [-0.15, -0.1) is 0 Å². The Kier molecular flexibility index (Phi) is 4.72. The molecule has 7 atom stereocenters. The van der Waals surface area contributed by atoms with Crippen molar-refractivity contribution in [2.75, 3.05) is 7.05 Å². The molecule has 0 aromatic heterocycles. The second kappa shape index (κ2) is 6.51. The number of carbonyl (C=O) groups excluding carboxylic acids is 2. The Labute approximate surface area is 168 Å². The first kappa shape index (κ1) is 20.3. The van der Waals surface area contributed by atoms with Gasteiger partial charge in [-0.25, -0.2) is 0 Å². The molecule has 0 spiro atoms. The number of hydrogen-bond donors (Lipinski definition) is 0. The van der Waals surface area contributed by atoms with E-state index >= 15 is 0 Å². The number of carbonyl (C=O) groups is 2. The predicted molar refractivity (Wildman–Crippen MR) is 104 cm³/mol. The summed E-state index contributed by atoms with van der Waals surface area (Å²) >= 11 is 0. The van der Waals surface area contributed by atoms with E-state index in [1.807, 2.05) is 13.8 Å². The fraction of sp³-hybridized carbons (Fsp3) is 0.909. The van der Waals surface area contributed by atoms with Crippen molar-refractivity contribution >= 4 is 11.8 Å². The molecule has 28 heavy (non-hydrogen) atoms. The number of ether oxygens (including phenoxy) is 3. The van der Waals surface area contributed by atoms with Gasteiger partial charge in [0.05, 0.1) is 47.0 Å². The van der Waals surface area contributed by atoms with Crippen LogP contribution in [0.5, 0.6) is 0 Å². The van der Waals surface area contributed by atoms with Crippen LogP contribution in [0.4, 0.5) is 0 Å². The first-order valence-electron chi connectivity index (χ1n) is 11.0. The molecule has 0 bridgehead atoms. The summed E-state index contributed by atoms with van der Waals surface area (Å²) in [5, 5.41) is 0. The van der Waals surface area contributed by atoms with Crippen LogP contribution < -0.4 is 0 Å². The van der Waals surface area contributed by atoms with Crippen molar-refractivity contribution in [3.8, 4) is 0 Å². The Bertz CT molecular complexity index is 678. The summed E-state index contributed by atoms with van der Waals surface area (Å²) in [5.41, 5.74) is -0.164. The molecule has 4 saturated heterocycles. The molecule has 0 radical (unpaired) electrons. The van der Waals surface area contributed by atoms with Gasteiger partial charge in [-0.2, -0.15) is 0 Å². The van der Waals surface area contributed by atoms with Crippen LogP contribution >= 0.6 is 0 Å². The lowest BCUT2D eigenvalue weighted by molar-refractivity contribution is -0.138. The van der Waals surface area contributed by atoms with Crippen molar-refractivity contribution < 1.29 is 23.8 Å². The molecule has 0 aromatic rings. The average Bonchev–Trinajstić information content (AvgIpc) is 3.60. The Hall–Kier alpha value is -0.980. The molecule has 0 N–H and O–H groups in total. The van der Waals surface area contributed by atoms with Crippen molar-refractivity contribution in [1.29, 1.82) is 0 Å². The molecule has 2 amide bonds. The van der Waals surface area contributed by atoms with Crippen molar-refractivity contribution in [3.05, 3.63) is 0 Å². The van der Waals surface area contributed by atoms with Crippen molar-refractivity contribution in [2.45, 2.75) is 108 Å². The molecule has 7 unspecified atom stereocenters. The van der Waals surface area contributed by atoms with E-state index in [0.29, 0.717) is 18.9 Å². The van der Waals surface area contributed by atoms with Crippen LogP contribution in [-0.4, -0.2) is 58.9 Å². The standard InChI is InChI=1S/C20H29NO5.C2H6/c1-18(2)13(24-18)5-7-19(3)14(25-19)6-8-20-10-12-11(9-15(20)26-20)16(22)21(4)17(12)23;1-2/h11-15H,5-10H2,1-4H3;1-2H3. The number of hydrogen-bond acceptors (Lipinski definition) is 5. The van der Waals surface area contributed by atoms with Gasteiger partial charge in [0.1, 0.15) is 0 Å². The molecule has 158 valence electrons. The topological polar surface area (TPSA) is 75.0 Å². The fourth-order valence-electron chi connectivity index (χ4n) is 5.47. The SMILES string of the molecule is CC.CN1C(=O)C2CC3OC3(CCC3OC3(C)CCC3OC3(C)C)CC2C1=O. The Morgan fingerprint density at radius 1 is 0.929 bits per heavy atom. The van der Waals surface area contributed by atoms with Crippen molar-refractivity contribution in [2.24, 2.45) is 11.8 Å². The lowest BCUT2D eigenvalue weighted by atomic mass is 9.73. The van der Waals surface area contributed by atoms with Crippen LogP contribution in [0, 0.1) is 11.8 Å². The van der Waals surface area contributed by atoms with Gasteiger partial charge in [0, 0.05) is 7.05 Å². The van der Waals surface area contributed by atoms with E-state index in [4.69, 9.17) is 14.2 Å². The lowest BCUT2D eigenvalue weighted by Crippen LogP contribution is -2.34. The summed E-state index contributed by atoms with van der Waals surface area (Å²) in [4.78, 5) is 25.8. The van der Waals surface area contributed by atoms with E-state index in [2.05, 4.69) is 20.8 Å². The minimum atomic E-state index is -0.184. The first-order valence-corrected chi connectivity index (χ1v) is 11.0. The predicted octanol–water partition coefficient (Wildman–Crippen LogP) is 3.07. The summed E-state index contributed by atoms with van der Waals surface area (Å²) in [6, 6.07) is 0. The summed E-state index contributed by atoms with van der Waals surface area (Å²) in [5.74, 6) is -0.371. The molecule has 0 aromatic carbocycles. The number of rotatable bonds is 6. The second-order valence-electron chi connectivity index (χ2n) is 9.77. The number of nitrogens with zero attached hydrogens (tertiary/aromatic N) is 1. The van der Waals surface area contributed by atoms with E-state index in [1.54, 1.807) is 7.05 Å². The minimum Gasteiger partial charge on any atom is -0.367 e. The molecular formula is C22H35NO5. The third-order valence-corrected chi connectivity index (χ3v) is 7.65. The van der Waals surface area contributed by atoms with Crippen LogP contribution in [0.15, 0.2) is 0 Å². The van der Waals surface area contributed by atoms with Crippen LogP contribution in [0.1, 0.15) is 73.1 Å². The van der Waals surface area contributed by atoms with Gasteiger partial charge in [0.2, 0.25) is 11.8 Å². The molecule has 6 nitrogen and oxygen atoms in total. The zero-order valence-corrected chi connectivity index (χ0v) is 18.1. The van der Waals surface area contributed by atoms with Gasteiger partial charge >= 0.3 is 0 Å². The summed E-state index contributed by atoms with van der Waals surface area (Å²) < 4.78 is 17.7. The van der Waals surface area contributed by atoms with Gasteiger partial charge in [-0.3, -0.25) is 14.5 Å². The summed E-state index contributed by atoms with van der Waals surface area (Å²) in [6.45, 7) is 10.5. The van der Waals surface area contributed by atoms with E-state index in [1.165, 1.54) is 4.90 Å². The van der Waals surface area contributed by atoms with E-state index in [0.717, 1.165) is 25.7 Å². The number of epoxide rings is 3. The maximum Gasteiger partial charge on any atom is 0.232 e. The highest BCUT2D eigenvalue weighted by Crippen LogP contribution is 2.58. The van der Waals surface area contributed by atoms with Gasteiger partial charge in [-0.1, -0.05) is 13.8 Å². The molecule has 1 saturated carbocycles. The first-order chi connectivity index (χ1) is 13.2. The highest BCUT2D eigenvalue weighted by molar-refractivity contribution is 6.05. The molecule has 5 rings (SSSR count). The van der Waals surface area contributed by atoms with Crippen LogP contribution in [0.3, 0.4) is 0 Å². The molecule has 1 aliphatic carbocycles. The molecule has 4 aliphatic heterocycles. The maximum atomic E-state index is 12.3. The molecule has 5 aliphatic rings. The van der Waals surface area contributed by atoms with Crippen LogP contribution in [-0.2, 0) is 23.8 Å². The monoisotopic (exact) mass is 393 g/mol. The normalized spacial score (nSPS) is 47.1. The Morgan fingerprint density at radius 2 is 1.54 bits per heavy atom. The number of imide groups is 1. The van der Waals surface area contributed by atoms with E-state index in [-0.39, 0.29) is 52.7 Å². The van der Waals surface area contributed by atoms with Crippen LogP contribution in [0.25, 0.3) is 0 Å². The number of amides is 2. The highest BCUT2D eigenvalue weighted by atomic mass is 16.6. The van der Waals surface area contributed by atoms with Gasteiger partial charge in [0.25, 0.3) is 0 Å². The third-order valence-electron chi connectivity index (χ3n) is 7.65. The fourth-order valence-corrected chi connectivity index (χ4v) is 5.47. The average molecular weight is 394 g/mol. The Morgan fingerprint density at radius 3 is 2.18 bits per heavy atom. The zero-order valence-electron chi connectivity index (χ0n) is 18.1. The van der Waals surface area contributed by atoms with E-state index < -0.39 is 0 Å². The smallest absolute Gasteiger partial charge is 0.232 e. The summed E-state index contributed by atoms with van der Waals surface area (Å²) in [7, 11) is 1.61. The molecular weight excluding hydrogens is 358 g/mol. The van der Waals surface area contributed by atoms with Gasteiger partial charge < -0.3 is 14.2 Å². The van der Waals surface area contributed by atoms with Gasteiger partial charge in [0.15, 0.2) is 0 Å². The van der Waals surface area contributed by atoms with Gasteiger partial charge in [-0.05, 0) is 59.3 Å².